The first-order valence-electron chi connectivity index (χ1n) is 11.2. The number of carbonyl (C=O) groups is 1. The van der Waals surface area contributed by atoms with Crippen molar-refractivity contribution in [3.05, 3.63) is 70.8 Å². The summed E-state index contributed by atoms with van der Waals surface area (Å²) in [7, 11) is -2.38. The molecule has 4 aromatic rings. The molecule has 37 heavy (non-hydrogen) atoms. The van der Waals surface area contributed by atoms with Gasteiger partial charge in [-0.25, -0.2) is 8.42 Å². The van der Waals surface area contributed by atoms with Gasteiger partial charge < -0.3 is 15.7 Å². The van der Waals surface area contributed by atoms with E-state index in [1.54, 1.807) is 24.4 Å². The lowest BCUT2D eigenvalue weighted by atomic mass is 10.2. The fourth-order valence-electron chi connectivity index (χ4n) is 3.76. The number of fused-ring (bicyclic) bond motifs is 1. The maximum Gasteiger partial charge on any atom is 0.324 e. The van der Waals surface area contributed by atoms with Crippen molar-refractivity contribution in [3.63, 3.8) is 0 Å². The van der Waals surface area contributed by atoms with Gasteiger partial charge >= 0.3 is 5.97 Å². The van der Waals surface area contributed by atoms with Gasteiger partial charge in [0, 0.05) is 28.2 Å². The van der Waals surface area contributed by atoms with E-state index in [0.717, 1.165) is 29.3 Å². The number of anilines is 2. The summed E-state index contributed by atoms with van der Waals surface area (Å²) in [5.74, 6) is -0.0781. The number of hydrogen-bond donors (Lipinski definition) is 3. The monoisotopic (exact) mass is 562 g/mol. The highest BCUT2D eigenvalue weighted by molar-refractivity contribution is 7.92. The molecule has 13 heteroatoms. The summed E-state index contributed by atoms with van der Waals surface area (Å²) in [5, 5.41) is 25.2. The van der Waals surface area contributed by atoms with Gasteiger partial charge in [0.05, 0.1) is 16.1 Å². The van der Waals surface area contributed by atoms with Crippen LogP contribution in [0.5, 0.6) is 0 Å². The van der Waals surface area contributed by atoms with E-state index in [2.05, 4.69) is 20.8 Å². The van der Waals surface area contributed by atoms with Crippen molar-refractivity contribution >= 4 is 61.6 Å². The molecule has 0 aliphatic heterocycles. The third-order valence-corrected chi connectivity index (χ3v) is 7.66. The van der Waals surface area contributed by atoms with E-state index in [9.17, 15) is 18.3 Å². The SMILES string of the molecule is CNCCCNc1ccc(-n2ccc3cc(N(CC(=O)O)S(=O)(=O)c4cc(Cl)cc(Cl)c4)ccc32)nn1. The van der Waals surface area contributed by atoms with Crippen molar-refractivity contribution in [2.24, 2.45) is 0 Å². The minimum absolute atomic E-state index is 0.120. The van der Waals surface area contributed by atoms with Crippen LogP contribution in [0.3, 0.4) is 0 Å². The Morgan fingerprint density at radius 1 is 1.03 bits per heavy atom. The molecule has 0 aliphatic rings. The zero-order chi connectivity index (χ0) is 26.6. The van der Waals surface area contributed by atoms with E-state index in [0.29, 0.717) is 17.0 Å². The van der Waals surface area contributed by atoms with Crippen LogP contribution in [0.1, 0.15) is 6.42 Å². The van der Waals surface area contributed by atoms with E-state index < -0.39 is 22.5 Å². The fraction of sp³-hybridized carbons (Fsp3) is 0.208. The summed E-state index contributed by atoms with van der Waals surface area (Å²) in [6, 6.07) is 14.1. The maximum absolute atomic E-state index is 13.4. The zero-order valence-corrected chi connectivity index (χ0v) is 22.1. The van der Waals surface area contributed by atoms with Crippen LogP contribution in [-0.4, -0.2) is 60.9 Å². The summed E-state index contributed by atoms with van der Waals surface area (Å²) in [4.78, 5) is 11.4. The van der Waals surface area contributed by atoms with Crippen molar-refractivity contribution in [2.45, 2.75) is 11.3 Å². The van der Waals surface area contributed by atoms with Gasteiger partial charge in [0.1, 0.15) is 12.4 Å². The second-order valence-electron chi connectivity index (χ2n) is 8.10. The van der Waals surface area contributed by atoms with Crippen LogP contribution in [0, 0.1) is 0 Å². The second kappa shape index (κ2) is 11.3. The van der Waals surface area contributed by atoms with Crippen molar-refractivity contribution in [1.29, 1.82) is 0 Å². The lowest BCUT2D eigenvalue weighted by Crippen LogP contribution is -2.35. The molecule has 2 heterocycles. The standard InChI is InChI=1S/C24H24Cl2N6O4S/c1-27-8-2-9-28-22-5-6-23(30-29-22)31-10-7-16-11-19(3-4-21(16)31)32(15-24(33)34)37(35,36)20-13-17(25)12-18(26)14-20/h3-7,10-14,27H,2,8-9,15H2,1H3,(H,28,29)(H,33,34). The van der Waals surface area contributed by atoms with Crippen molar-refractivity contribution in [1.82, 2.24) is 20.1 Å². The predicted molar refractivity (Wildman–Crippen MR) is 145 cm³/mol. The molecule has 2 aromatic heterocycles. The summed E-state index contributed by atoms with van der Waals surface area (Å²) >= 11 is 12.0. The average molecular weight is 563 g/mol. The normalized spacial score (nSPS) is 11.5. The van der Waals surface area contributed by atoms with E-state index in [1.807, 2.05) is 23.7 Å². The van der Waals surface area contributed by atoms with Gasteiger partial charge in [-0.15, -0.1) is 10.2 Å². The van der Waals surface area contributed by atoms with Crippen LogP contribution in [0.2, 0.25) is 10.0 Å². The molecule has 0 saturated heterocycles. The Morgan fingerprint density at radius 3 is 2.43 bits per heavy atom. The first-order chi connectivity index (χ1) is 17.7. The number of nitrogens with zero attached hydrogens (tertiary/aromatic N) is 4. The summed E-state index contributed by atoms with van der Waals surface area (Å²) in [6.07, 6.45) is 2.73. The topological polar surface area (TPSA) is 129 Å². The summed E-state index contributed by atoms with van der Waals surface area (Å²) in [6.45, 7) is 0.877. The fourth-order valence-corrected chi connectivity index (χ4v) is 5.89. The number of carboxylic acids is 1. The van der Waals surface area contributed by atoms with Gasteiger partial charge in [0.15, 0.2) is 5.82 Å². The number of hydrogen-bond acceptors (Lipinski definition) is 7. The molecule has 3 N–H and O–H groups in total. The quantitative estimate of drug-likeness (QED) is 0.233. The third-order valence-electron chi connectivity index (χ3n) is 5.47. The highest BCUT2D eigenvalue weighted by Crippen LogP contribution is 2.31. The van der Waals surface area contributed by atoms with Crippen molar-refractivity contribution in [2.75, 3.05) is 36.3 Å². The molecule has 0 radical (unpaired) electrons. The molecule has 0 amide bonds. The Bertz CT molecular complexity index is 1510. The Labute approximate surface area is 223 Å². The van der Waals surface area contributed by atoms with E-state index in [-0.39, 0.29) is 20.6 Å². The minimum Gasteiger partial charge on any atom is -0.480 e. The predicted octanol–water partition coefficient (Wildman–Crippen LogP) is 4.03. The lowest BCUT2D eigenvalue weighted by Gasteiger charge is -2.23. The van der Waals surface area contributed by atoms with Gasteiger partial charge in [-0.2, -0.15) is 0 Å². The number of nitrogens with one attached hydrogen (secondary N) is 2. The Hall–Kier alpha value is -3.38. The molecule has 0 aliphatic carbocycles. The van der Waals surface area contributed by atoms with Gasteiger partial charge in [0.2, 0.25) is 0 Å². The maximum atomic E-state index is 13.4. The van der Waals surface area contributed by atoms with Gasteiger partial charge in [-0.1, -0.05) is 23.2 Å². The molecule has 4 rings (SSSR count). The number of benzene rings is 2. The summed E-state index contributed by atoms with van der Waals surface area (Å²) in [5.41, 5.74) is 0.919. The van der Waals surface area contributed by atoms with Gasteiger partial charge in [0.25, 0.3) is 10.0 Å². The largest absolute Gasteiger partial charge is 0.480 e. The van der Waals surface area contributed by atoms with Crippen LogP contribution in [0.25, 0.3) is 16.7 Å². The molecule has 0 unspecified atom stereocenters. The van der Waals surface area contributed by atoms with Crippen molar-refractivity contribution in [3.8, 4) is 5.82 Å². The molecular formula is C24H24Cl2N6O4S. The molecule has 0 atom stereocenters. The molecule has 194 valence electrons. The van der Waals surface area contributed by atoms with Crippen LogP contribution in [0.4, 0.5) is 11.5 Å². The third kappa shape index (κ3) is 6.13. The lowest BCUT2D eigenvalue weighted by molar-refractivity contribution is -0.135. The highest BCUT2D eigenvalue weighted by Gasteiger charge is 2.28. The molecule has 2 aromatic carbocycles. The Kier molecular flexibility index (Phi) is 8.18. The van der Waals surface area contributed by atoms with Crippen LogP contribution >= 0.6 is 23.2 Å². The average Bonchev–Trinajstić information content (AvgIpc) is 3.28. The molecule has 10 nitrogen and oxygen atoms in total. The number of carboxylic acid groups (broad SMARTS) is 1. The zero-order valence-electron chi connectivity index (χ0n) is 19.7. The molecular weight excluding hydrogens is 539 g/mol. The molecule has 0 saturated carbocycles. The number of halogens is 2. The number of aliphatic carboxylic acids is 1. The first-order valence-corrected chi connectivity index (χ1v) is 13.4. The van der Waals surface area contributed by atoms with Gasteiger partial charge in [-0.05, 0) is 74.6 Å². The number of aromatic nitrogens is 3. The van der Waals surface area contributed by atoms with E-state index in [1.165, 1.54) is 24.3 Å². The Morgan fingerprint density at radius 2 is 1.78 bits per heavy atom. The van der Waals surface area contributed by atoms with Crippen LogP contribution < -0.4 is 14.9 Å². The smallest absolute Gasteiger partial charge is 0.324 e. The minimum atomic E-state index is -4.28. The second-order valence-corrected chi connectivity index (χ2v) is 10.8. The molecule has 0 spiro atoms. The van der Waals surface area contributed by atoms with Gasteiger partial charge in [-0.3, -0.25) is 13.7 Å². The van der Waals surface area contributed by atoms with E-state index in [4.69, 9.17) is 23.2 Å². The van der Waals surface area contributed by atoms with Crippen LogP contribution in [0.15, 0.2) is 65.7 Å². The molecule has 0 fully saturated rings. The highest BCUT2D eigenvalue weighted by atomic mass is 35.5. The first kappa shape index (κ1) is 26.7. The molecule has 0 bridgehead atoms. The summed E-state index contributed by atoms with van der Waals surface area (Å²) < 4.78 is 29.4. The van der Waals surface area contributed by atoms with Crippen LogP contribution in [-0.2, 0) is 14.8 Å². The van der Waals surface area contributed by atoms with Crippen molar-refractivity contribution < 1.29 is 18.3 Å². The van der Waals surface area contributed by atoms with E-state index >= 15 is 0 Å². The number of sulfonamides is 1. The number of rotatable bonds is 11. The Balaban J connectivity index is 1.65.